The second-order valence-corrected chi connectivity index (χ2v) is 7.27. The zero-order chi connectivity index (χ0) is 14.3. The van der Waals surface area contributed by atoms with E-state index in [-0.39, 0.29) is 31.6 Å². The number of carbonyl (C=O) groups excluding carboxylic acids is 3. The van der Waals surface area contributed by atoms with E-state index < -0.39 is 15.7 Å². The third-order valence-corrected chi connectivity index (χ3v) is 2.27. The van der Waals surface area contributed by atoms with Crippen LogP contribution in [-0.2, 0) is 14.9 Å². The van der Waals surface area contributed by atoms with Crippen LogP contribution < -0.4 is 0 Å². The molecule has 1 aromatic carbocycles. The average molecular weight is 426 g/mol. The van der Waals surface area contributed by atoms with Gasteiger partial charge >= 0.3 is 34.6 Å². The van der Waals surface area contributed by atoms with E-state index in [1.54, 1.807) is 0 Å². The maximum atomic E-state index is 10.9. The molecule has 0 radical (unpaired) electrons. The zero-order valence-corrected chi connectivity index (χ0v) is 14.2. The van der Waals surface area contributed by atoms with Gasteiger partial charge in [0.2, 0.25) is 0 Å². The topological polar surface area (TPSA) is 51.2 Å². The van der Waals surface area contributed by atoms with Gasteiger partial charge in [-0.2, -0.15) is 0 Å². The van der Waals surface area contributed by atoms with Crippen LogP contribution in [0.25, 0.3) is 0 Å². The summed E-state index contributed by atoms with van der Waals surface area (Å²) in [5, 5.41) is -2.39. The third-order valence-electron chi connectivity index (χ3n) is 1.61. The molecule has 0 fully saturated rings. The van der Waals surface area contributed by atoms with Crippen molar-refractivity contribution in [2.45, 2.75) is 0 Å². The molecule has 0 unspecified atom stereocenters. The fraction of sp³-hybridized carbons (Fsp3) is 0. The molecule has 9 heteroatoms. The van der Waals surface area contributed by atoms with Crippen molar-refractivity contribution < 1.29 is 29.3 Å². The first kappa shape index (κ1) is 18.2. The van der Waals surface area contributed by atoms with Crippen LogP contribution in [0.2, 0.25) is 0 Å². The minimum absolute atomic E-state index is 0.00725. The molecule has 0 bridgehead atoms. The Labute approximate surface area is 133 Å². The van der Waals surface area contributed by atoms with E-state index in [0.29, 0.717) is 0 Å². The van der Waals surface area contributed by atoms with Gasteiger partial charge in [0.25, 0.3) is 15.7 Å². The number of halogens is 3. The van der Waals surface area contributed by atoms with Gasteiger partial charge in [0, 0.05) is 16.7 Å². The van der Waals surface area contributed by atoms with Gasteiger partial charge in [0.1, 0.15) is 0 Å². The van der Waals surface area contributed by atoms with Crippen molar-refractivity contribution in [1.82, 2.24) is 0 Å². The van der Waals surface area contributed by atoms with Crippen molar-refractivity contribution in [3.8, 4) is 0 Å². The Morgan fingerprint density at radius 2 is 0.944 bits per heavy atom. The molecule has 0 amide bonds. The van der Waals surface area contributed by atoms with Crippen molar-refractivity contribution in [2.24, 2.45) is 0 Å². The molecule has 0 saturated carbocycles. The van der Waals surface area contributed by atoms with E-state index in [2.05, 4.69) is 19.6 Å². The maximum absolute atomic E-state index is 10.9. The Hall–Kier alpha value is 0.228. The number of rotatable bonds is 3. The Bertz CT molecular complexity index is 463. The van der Waals surface area contributed by atoms with Crippen LogP contribution in [0, 0.1) is 0 Å². The van der Waals surface area contributed by atoms with Crippen molar-refractivity contribution in [3.63, 3.8) is 0 Å². The predicted octanol–water partition coefficient (Wildman–Crippen LogP) is 4.12. The summed E-state index contributed by atoms with van der Waals surface area (Å²) in [6, 6.07) is 3.57. The molecule has 18 heavy (non-hydrogen) atoms. The molecule has 3 nitrogen and oxygen atoms in total. The van der Waals surface area contributed by atoms with Crippen LogP contribution in [0.1, 0.15) is 31.1 Å². The summed E-state index contributed by atoms with van der Waals surface area (Å²) in [6.45, 7) is 0. The molecule has 1 rings (SSSR count). The van der Waals surface area contributed by atoms with Crippen molar-refractivity contribution >= 4 is 70.2 Å². The van der Waals surface area contributed by atoms with Crippen molar-refractivity contribution in [1.29, 1.82) is 0 Å². The quantitative estimate of drug-likeness (QED) is 0.539. The Morgan fingerprint density at radius 1 is 0.778 bits per heavy atom. The molecule has 0 spiro atoms. The molecule has 0 aliphatic carbocycles. The van der Waals surface area contributed by atoms with E-state index in [4.69, 9.17) is 34.8 Å². The van der Waals surface area contributed by atoms with Crippen molar-refractivity contribution in [3.05, 3.63) is 34.9 Å². The van der Waals surface area contributed by atoms with E-state index in [9.17, 15) is 14.4 Å². The average Bonchev–Trinajstić information content (AvgIpc) is 2.29. The fourth-order valence-electron chi connectivity index (χ4n) is 0.968. The van der Waals surface area contributed by atoms with E-state index in [1.807, 2.05) is 0 Å². The first-order valence-electron chi connectivity index (χ1n) is 3.99. The number of carbonyl (C=O) groups is 3. The predicted molar refractivity (Wildman–Crippen MR) is 72.2 cm³/mol. The molecule has 1 aromatic rings. The molecule has 96 valence electrons. The molecular formula is C9H3Cl3MoO3S2. The molecule has 0 heterocycles. The first-order valence-corrected chi connectivity index (χ1v) is 10.7. The second-order valence-electron chi connectivity index (χ2n) is 2.69. The van der Waals surface area contributed by atoms with E-state index in [1.165, 1.54) is 18.2 Å². The molecule has 0 aliphatic rings. The van der Waals surface area contributed by atoms with E-state index >= 15 is 0 Å². The fourth-order valence-corrected chi connectivity index (χ4v) is 1.30. The van der Waals surface area contributed by atoms with Gasteiger partial charge in [-0.15, -0.1) is 0 Å². The van der Waals surface area contributed by atoms with Gasteiger partial charge in [-0.3, -0.25) is 14.4 Å². The van der Waals surface area contributed by atoms with Crippen LogP contribution in [-0.4, -0.2) is 15.7 Å². The number of benzene rings is 1. The van der Waals surface area contributed by atoms with E-state index in [0.717, 1.165) is 0 Å². The molecular weight excluding hydrogens is 423 g/mol. The molecule has 0 aliphatic heterocycles. The van der Waals surface area contributed by atoms with Gasteiger partial charge in [0.15, 0.2) is 0 Å². The number of hydrogen-bond acceptors (Lipinski definition) is 5. The van der Waals surface area contributed by atoms with Gasteiger partial charge in [-0.1, -0.05) is 0 Å². The van der Waals surface area contributed by atoms with Crippen LogP contribution >= 0.6 is 54.4 Å². The Kier molecular flexibility index (Phi) is 9.30. The second kappa shape index (κ2) is 9.18. The van der Waals surface area contributed by atoms with Crippen LogP contribution in [0.15, 0.2) is 18.2 Å². The molecule has 0 N–H and O–H groups in total. The summed E-state index contributed by atoms with van der Waals surface area (Å²) >= 11 is 15.3. The first-order chi connectivity index (χ1) is 8.33. The van der Waals surface area contributed by atoms with Gasteiger partial charge < -0.3 is 0 Å². The summed E-state index contributed by atoms with van der Waals surface area (Å²) in [5.41, 5.74) is -0.0218. The SMILES string of the molecule is O=C(Cl)c1cc(C(=O)Cl)cc(C(=O)Cl)c1.[S]=[Mo]=[S]. The van der Waals surface area contributed by atoms with Gasteiger partial charge in [-0.05, 0) is 53.0 Å². The minimum atomic E-state index is -0.797. The van der Waals surface area contributed by atoms with Gasteiger partial charge in [-0.25, -0.2) is 0 Å². The normalized spacial score (nSPS) is 8.83. The third kappa shape index (κ3) is 6.41. The summed E-state index contributed by atoms with van der Waals surface area (Å²) in [7, 11) is 8.68. The van der Waals surface area contributed by atoms with Gasteiger partial charge in [0.05, 0.1) is 0 Å². The zero-order valence-electron chi connectivity index (χ0n) is 8.32. The summed E-state index contributed by atoms with van der Waals surface area (Å²) < 4.78 is 0. The summed E-state index contributed by atoms with van der Waals surface area (Å²) in [6.07, 6.45) is 0. The number of hydrogen-bond donors (Lipinski definition) is 0. The van der Waals surface area contributed by atoms with Crippen LogP contribution in [0.3, 0.4) is 0 Å². The molecule has 0 atom stereocenters. The van der Waals surface area contributed by atoms with Crippen LogP contribution in [0.4, 0.5) is 0 Å². The Balaban J connectivity index is 0.000000873. The van der Waals surface area contributed by atoms with Crippen molar-refractivity contribution in [2.75, 3.05) is 0 Å². The standard InChI is InChI=1S/C9H3Cl3O3.Mo.2S/c10-7(13)4-1-5(8(11)14)3-6(2-4)9(12)15;;;/h1-3H;;;. The Morgan fingerprint density at radius 3 is 1.06 bits per heavy atom. The molecule has 0 aromatic heterocycles. The monoisotopic (exact) mass is 426 g/mol. The molecule has 0 saturated heterocycles. The van der Waals surface area contributed by atoms with Crippen LogP contribution in [0.5, 0.6) is 0 Å². The summed E-state index contributed by atoms with van der Waals surface area (Å²) in [5.74, 6) is 0. The summed E-state index contributed by atoms with van der Waals surface area (Å²) in [4.78, 5) is 32.6.